The van der Waals surface area contributed by atoms with Crippen molar-refractivity contribution in [3.8, 4) is 10.6 Å². The minimum Gasteiger partial charge on any atom is -0.344 e. The average molecular weight is 449 g/mol. The molecule has 1 unspecified atom stereocenters. The Hall–Kier alpha value is -3.36. The van der Waals surface area contributed by atoms with Crippen molar-refractivity contribution in [2.45, 2.75) is 18.9 Å². The topological polar surface area (TPSA) is 84.0 Å². The number of benzene rings is 2. The second kappa shape index (κ2) is 10.1. The number of thiophene rings is 1. The monoisotopic (exact) mass is 448 g/mol. The van der Waals surface area contributed by atoms with E-state index in [1.54, 1.807) is 0 Å². The van der Waals surface area contributed by atoms with E-state index < -0.39 is 6.04 Å². The van der Waals surface area contributed by atoms with Crippen molar-refractivity contribution in [2.24, 2.45) is 0 Å². The summed E-state index contributed by atoms with van der Waals surface area (Å²) in [7, 11) is 0. The van der Waals surface area contributed by atoms with Gasteiger partial charge in [0, 0.05) is 16.9 Å². The number of carbonyl (C=O) groups is 2. The third-order valence-electron chi connectivity index (χ3n) is 4.53. The Balaban J connectivity index is 1.46. The van der Waals surface area contributed by atoms with E-state index in [1.807, 2.05) is 78.2 Å². The number of amides is 2. The highest BCUT2D eigenvalue weighted by Crippen LogP contribution is 2.26. The minimum atomic E-state index is -0.723. The first kappa shape index (κ1) is 20.9. The van der Waals surface area contributed by atoms with Crippen LogP contribution in [0.15, 0.2) is 78.2 Å². The van der Waals surface area contributed by atoms with Gasteiger partial charge < -0.3 is 5.32 Å². The van der Waals surface area contributed by atoms with Crippen LogP contribution >= 0.6 is 22.7 Å². The molecule has 2 aromatic heterocycles. The van der Waals surface area contributed by atoms with Gasteiger partial charge in [0.2, 0.25) is 16.9 Å². The molecule has 4 aromatic rings. The van der Waals surface area contributed by atoms with Crippen LogP contribution in [0.25, 0.3) is 10.6 Å². The van der Waals surface area contributed by atoms with E-state index in [0.29, 0.717) is 11.6 Å². The third-order valence-corrected chi connectivity index (χ3v) is 6.29. The Labute approximate surface area is 188 Å². The molecule has 6 nitrogen and oxygen atoms in total. The highest BCUT2D eigenvalue weighted by molar-refractivity contribution is 7.18. The Morgan fingerprint density at radius 3 is 2.35 bits per heavy atom. The molecule has 0 fully saturated rings. The first-order valence-corrected chi connectivity index (χ1v) is 11.4. The fourth-order valence-corrected chi connectivity index (χ4v) is 4.49. The van der Waals surface area contributed by atoms with Gasteiger partial charge in [-0.1, -0.05) is 78.1 Å². The highest BCUT2D eigenvalue weighted by Gasteiger charge is 2.23. The standard InChI is InChI=1S/C23H20N4O2S2/c28-20(15-18-12-7-13-30-18)24-19(14-16-8-3-1-4-9-16)21(29)25-23-27-26-22(31-23)17-10-5-2-6-11-17/h1-13,19H,14-15H2,(H,24,28)(H,25,27,29). The number of hydrogen-bond donors (Lipinski definition) is 2. The lowest BCUT2D eigenvalue weighted by Crippen LogP contribution is -2.45. The second-order valence-corrected chi connectivity index (χ2v) is 8.84. The Morgan fingerprint density at radius 1 is 0.903 bits per heavy atom. The smallest absolute Gasteiger partial charge is 0.249 e. The van der Waals surface area contributed by atoms with Crippen LogP contribution in [-0.2, 0) is 22.4 Å². The van der Waals surface area contributed by atoms with Crippen LogP contribution in [0.5, 0.6) is 0 Å². The van der Waals surface area contributed by atoms with Crippen LogP contribution in [0.3, 0.4) is 0 Å². The Kier molecular flexibility index (Phi) is 6.81. The summed E-state index contributed by atoms with van der Waals surface area (Å²) in [6.45, 7) is 0. The summed E-state index contributed by atoms with van der Waals surface area (Å²) in [6.07, 6.45) is 0.625. The van der Waals surface area contributed by atoms with E-state index in [4.69, 9.17) is 0 Å². The Morgan fingerprint density at radius 2 is 1.65 bits per heavy atom. The lowest BCUT2D eigenvalue weighted by molar-refractivity contribution is -0.126. The maximum Gasteiger partial charge on any atom is 0.249 e. The molecule has 0 bridgehead atoms. The quantitative estimate of drug-likeness (QED) is 0.424. The SMILES string of the molecule is O=C(Cc1cccs1)NC(Cc1ccccc1)C(=O)Nc1nnc(-c2ccccc2)s1. The first-order valence-electron chi connectivity index (χ1n) is 9.73. The van der Waals surface area contributed by atoms with Crippen molar-refractivity contribution in [1.29, 1.82) is 0 Å². The lowest BCUT2D eigenvalue weighted by atomic mass is 10.1. The number of nitrogens with zero attached hydrogens (tertiary/aromatic N) is 2. The van der Waals surface area contributed by atoms with Gasteiger partial charge >= 0.3 is 0 Å². The van der Waals surface area contributed by atoms with Crippen molar-refractivity contribution in [3.05, 3.63) is 88.6 Å². The summed E-state index contributed by atoms with van der Waals surface area (Å²) in [5.41, 5.74) is 1.90. The lowest BCUT2D eigenvalue weighted by Gasteiger charge is -2.17. The summed E-state index contributed by atoms with van der Waals surface area (Å²) in [6, 6.07) is 22.4. The van der Waals surface area contributed by atoms with Crippen molar-refractivity contribution in [3.63, 3.8) is 0 Å². The molecule has 0 saturated heterocycles. The summed E-state index contributed by atoms with van der Waals surface area (Å²) < 4.78 is 0. The van der Waals surface area contributed by atoms with Gasteiger partial charge in [-0.25, -0.2) is 0 Å². The van der Waals surface area contributed by atoms with Gasteiger partial charge in [0.25, 0.3) is 0 Å². The molecule has 2 heterocycles. The molecule has 0 saturated carbocycles. The van der Waals surface area contributed by atoms with E-state index in [2.05, 4.69) is 20.8 Å². The molecule has 156 valence electrons. The van der Waals surface area contributed by atoms with Gasteiger partial charge in [-0.3, -0.25) is 14.9 Å². The maximum atomic E-state index is 13.0. The maximum absolute atomic E-state index is 13.0. The molecule has 31 heavy (non-hydrogen) atoms. The molecular formula is C23H20N4O2S2. The zero-order valence-electron chi connectivity index (χ0n) is 16.5. The van der Waals surface area contributed by atoms with Crippen LogP contribution in [-0.4, -0.2) is 28.1 Å². The van der Waals surface area contributed by atoms with E-state index in [9.17, 15) is 9.59 Å². The molecule has 0 aliphatic heterocycles. The molecule has 0 aliphatic rings. The van der Waals surface area contributed by atoms with Crippen molar-refractivity contribution >= 4 is 39.6 Å². The van der Waals surface area contributed by atoms with Crippen LogP contribution in [0, 0.1) is 0 Å². The molecule has 0 radical (unpaired) electrons. The number of rotatable bonds is 8. The van der Waals surface area contributed by atoms with Crippen LogP contribution in [0.2, 0.25) is 0 Å². The molecule has 0 aliphatic carbocycles. The number of nitrogens with one attached hydrogen (secondary N) is 2. The zero-order chi connectivity index (χ0) is 21.5. The van der Waals surface area contributed by atoms with E-state index in [1.165, 1.54) is 22.7 Å². The normalized spacial score (nSPS) is 11.6. The third kappa shape index (κ3) is 5.84. The number of anilines is 1. The fraction of sp³-hybridized carbons (Fsp3) is 0.130. The largest absolute Gasteiger partial charge is 0.344 e. The van der Waals surface area contributed by atoms with Gasteiger partial charge in [0.05, 0.1) is 6.42 Å². The number of hydrogen-bond acceptors (Lipinski definition) is 6. The average Bonchev–Trinajstić information content (AvgIpc) is 3.47. The summed E-state index contributed by atoms with van der Waals surface area (Å²) in [5, 5.41) is 17.0. The summed E-state index contributed by atoms with van der Waals surface area (Å²) in [4.78, 5) is 26.5. The predicted octanol–water partition coefficient (Wildman–Crippen LogP) is 4.18. The van der Waals surface area contributed by atoms with Gasteiger partial charge in [0.15, 0.2) is 0 Å². The molecule has 2 aromatic carbocycles. The second-order valence-electron chi connectivity index (χ2n) is 6.83. The van der Waals surface area contributed by atoms with Crippen LogP contribution in [0.1, 0.15) is 10.4 Å². The van der Waals surface area contributed by atoms with Crippen LogP contribution in [0.4, 0.5) is 5.13 Å². The molecule has 2 N–H and O–H groups in total. The predicted molar refractivity (Wildman–Crippen MR) is 124 cm³/mol. The number of carbonyl (C=O) groups excluding carboxylic acids is 2. The fourth-order valence-electron chi connectivity index (χ4n) is 3.04. The first-order chi connectivity index (χ1) is 15.2. The van der Waals surface area contributed by atoms with E-state index in [-0.39, 0.29) is 18.2 Å². The van der Waals surface area contributed by atoms with Crippen LogP contribution < -0.4 is 10.6 Å². The highest BCUT2D eigenvalue weighted by atomic mass is 32.1. The summed E-state index contributed by atoms with van der Waals surface area (Å²) in [5.74, 6) is -0.514. The number of aromatic nitrogens is 2. The van der Waals surface area contributed by atoms with Crippen molar-refractivity contribution in [1.82, 2.24) is 15.5 Å². The van der Waals surface area contributed by atoms with E-state index in [0.717, 1.165) is 21.0 Å². The molecule has 0 spiro atoms. The molecule has 2 amide bonds. The van der Waals surface area contributed by atoms with Crippen molar-refractivity contribution in [2.75, 3.05) is 5.32 Å². The zero-order valence-corrected chi connectivity index (χ0v) is 18.2. The van der Waals surface area contributed by atoms with E-state index >= 15 is 0 Å². The van der Waals surface area contributed by atoms with Gasteiger partial charge in [0.1, 0.15) is 11.0 Å². The van der Waals surface area contributed by atoms with Crippen molar-refractivity contribution < 1.29 is 9.59 Å². The Bertz CT molecular complexity index is 1130. The molecule has 8 heteroatoms. The van der Waals surface area contributed by atoms with Gasteiger partial charge in [-0.15, -0.1) is 21.5 Å². The summed E-state index contributed by atoms with van der Waals surface area (Å²) >= 11 is 2.81. The minimum absolute atomic E-state index is 0.194. The van der Waals surface area contributed by atoms with Gasteiger partial charge in [-0.05, 0) is 17.0 Å². The molecule has 1 atom stereocenters. The molecular weight excluding hydrogens is 428 g/mol. The van der Waals surface area contributed by atoms with Gasteiger partial charge in [-0.2, -0.15) is 0 Å². The molecule has 4 rings (SSSR count).